The van der Waals surface area contributed by atoms with Crippen LogP contribution in [0.2, 0.25) is 0 Å². The predicted molar refractivity (Wildman–Crippen MR) is 83.9 cm³/mol. The van der Waals surface area contributed by atoms with Crippen LogP contribution in [0.1, 0.15) is 11.1 Å². The Labute approximate surface area is 142 Å². The summed E-state index contributed by atoms with van der Waals surface area (Å²) in [6.45, 7) is -3.12. The first-order chi connectivity index (χ1) is 11.8. The highest BCUT2D eigenvalue weighted by atomic mass is 32.2. The number of alkyl halides is 2. The molecule has 3 rings (SSSR count). The summed E-state index contributed by atoms with van der Waals surface area (Å²) in [6.07, 6.45) is 1.67. The number of ether oxygens (including phenoxy) is 1. The largest absolute Gasteiger partial charge is 0.433 e. The van der Waals surface area contributed by atoms with E-state index in [1.54, 1.807) is 0 Å². The van der Waals surface area contributed by atoms with Crippen molar-refractivity contribution in [2.24, 2.45) is 7.05 Å². The third kappa shape index (κ3) is 3.27. The monoisotopic (exact) mass is 371 g/mol. The number of fused-ring (bicyclic) bond motifs is 1. The molecule has 0 unspecified atom stereocenters. The van der Waals surface area contributed by atoms with Gasteiger partial charge in [-0.2, -0.15) is 18.2 Å². The molecule has 0 atom stereocenters. The Morgan fingerprint density at radius 3 is 2.72 bits per heavy atom. The summed E-state index contributed by atoms with van der Waals surface area (Å²) in [4.78, 5) is 11.7. The second kappa shape index (κ2) is 6.52. The number of para-hydroxylation sites is 1. The number of halogens is 2. The minimum atomic E-state index is -4.07. The zero-order valence-corrected chi connectivity index (χ0v) is 14.0. The zero-order valence-electron chi connectivity index (χ0n) is 13.2. The summed E-state index contributed by atoms with van der Waals surface area (Å²) in [5.74, 6) is -0.412. The van der Waals surface area contributed by atoms with Crippen molar-refractivity contribution in [3.8, 4) is 5.75 Å². The third-order valence-corrected chi connectivity index (χ3v) is 5.85. The van der Waals surface area contributed by atoms with Crippen molar-refractivity contribution >= 4 is 10.0 Å². The Morgan fingerprint density at radius 1 is 1.28 bits per heavy atom. The summed E-state index contributed by atoms with van der Waals surface area (Å²) < 4.78 is 57.4. The van der Waals surface area contributed by atoms with Gasteiger partial charge in [0.2, 0.25) is 10.0 Å². The SMILES string of the molecule is Cn1ncc2c(c1=O)CCN(S(=O)(=O)c1ccccc1OC(F)F)C2. The van der Waals surface area contributed by atoms with Crippen molar-refractivity contribution in [3.05, 3.63) is 51.9 Å². The Kier molecular flexibility index (Phi) is 4.56. The van der Waals surface area contributed by atoms with Gasteiger partial charge in [-0.05, 0) is 24.1 Å². The number of sulfonamides is 1. The molecule has 0 saturated carbocycles. The molecule has 0 radical (unpaired) electrons. The molecule has 0 amide bonds. The average molecular weight is 371 g/mol. The van der Waals surface area contributed by atoms with Crippen molar-refractivity contribution < 1.29 is 21.9 Å². The summed E-state index contributed by atoms with van der Waals surface area (Å²) in [6, 6.07) is 5.23. The molecule has 1 aliphatic rings. The predicted octanol–water partition coefficient (Wildman–Crippen LogP) is 1.13. The molecule has 1 aromatic heterocycles. The van der Waals surface area contributed by atoms with E-state index in [2.05, 4.69) is 9.84 Å². The van der Waals surface area contributed by atoms with E-state index in [4.69, 9.17) is 0 Å². The minimum absolute atomic E-state index is 0.0518. The fraction of sp³-hybridized carbons (Fsp3) is 0.333. The summed E-state index contributed by atoms with van der Waals surface area (Å²) in [5, 5.41) is 3.90. The molecule has 2 aromatic rings. The topological polar surface area (TPSA) is 81.5 Å². The number of aromatic nitrogens is 2. The van der Waals surface area contributed by atoms with Crippen molar-refractivity contribution in [2.45, 2.75) is 24.5 Å². The lowest BCUT2D eigenvalue weighted by molar-refractivity contribution is -0.0518. The van der Waals surface area contributed by atoms with Crippen LogP contribution < -0.4 is 10.3 Å². The zero-order chi connectivity index (χ0) is 18.2. The van der Waals surface area contributed by atoms with Gasteiger partial charge in [-0.25, -0.2) is 13.1 Å². The fourth-order valence-corrected chi connectivity index (χ4v) is 4.27. The second-order valence-corrected chi connectivity index (χ2v) is 7.40. The highest BCUT2D eigenvalue weighted by molar-refractivity contribution is 7.89. The van der Waals surface area contributed by atoms with Gasteiger partial charge < -0.3 is 4.74 Å². The molecule has 0 fully saturated rings. The smallest absolute Gasteiger partial charge is 0.387 e. The normalized spacial score (nSPS) is 15.2. The van der Waals surface area contributed by atoms with Crippen LogP contribution in [0.3, 0.4) is 0 Å². The Bertz CT molecular complexity index is 959. The maximum atomic E-state index is 12.8. The van der Waals surface area contributed by atoms with E-state index in [1.165, 1.54) is 42.2 Å². The minimum Gasteiger partial charge on any atom is -0.433 e. The molecule has 134 valence electrons. The first kappa shape index (κ1) is 17.5. The van der Waals surface area contributed by atoms with Gasteiger partial charge in [0.1, 0.15) is 10.6 Å². The molecule has 7 nitrogen and oxygen atoms in total. The molecule has 0 spiro atoms. The number of rotatable bonds is 4. The number of benzene rings is 1. The van der Waals surface area contributed by atoms with Gasteiger partial charge in [-0.1, -0.05) is 12.1 Å². The van der Waals surface area contributed by atoms with Crippen molar-refractivity contribution in [1.82, 2.24) is 14.1 Å². The first-order valence-corrected chi connectivity index (χ1v) is 8.83. The van der Waals surface area contributed by atoms with E-state index in [0.29, 0.717) is 11.1 Å². The summed E-state index contributed by atoms with van der Waals surface area (Å²) in [5.41, 5.74) is 0.752. The third-order valence-electron chi connectivity index (χ3n) is 3.97. The number of hydrogen-bond acceptors (Lipinski definition) is 5. The van der Waals surface area contributed by atoms with E-state index < -0.39 is 22.4 Å². The van der Waals surface area contributed by atoms with Gasteiger partial charge in [0, 0.05) is 25.7 Å². The quantitative estimate of drug-likeness (QED) is 0.805. The number of hydrogen-bond donors (Lipinski definition) is 0. The number of nitrogens with zero attached hydrogens (tertiary/aromatic N) is 3. The van der Waals surface area contributed by atoms with E-state index in [0.717, 1.165) is 4.31 Å². The average Bonchev–Trinajstić information content (AvgIpc) is 2.58. The van der Waals surface area contributed by atoms with Gasteiger partial charge in [0.15, 0.2) is 0 Å². The fourth-order valence-electron chi connectivity index (χ4n) is 2.73. The molecule has 25 heavy (non-hydrogen) atoms. The number of aryl methyl sites for hydroxylation is 1. The maximum Gasteiger partial charge on any atom is 0.387 e. The van der Waals surface area contributed by atoms with E-state index in [9.17, 15) is 22.0 Å². The lowest BCUT2D eigenvalue weighted by Crippen LogP contribution is -2.39. The van der Waals surface area contributed by atoms with E-state index in [-0.39, 0.29) is 30.0 Å². The van der Waals surface area contributed by atoms with Gasteiger partial charge in [0.25, 0.3) is 5.56 Å². The molecule has 0 N–H and O–H groups in total. The van der Waals surface area contributed by atoms with Crippen LogP contribution in [0.15, 0.2) is 40.2 Å². The lowest BCUT2D eigenvalue weighted by atomic mass is 10.1. The first-order valence-electron chi connectivity index (χ1n) is 7.39. The van der Waals surface area contributed by atoms with Crippen LogP contribution >= 0.6 is 0 Å². The van der Waals surface area contributed by atoms with Gasteiger partial charge in [0.05, 0.1) is 6.20 Å². The summed E-state index contributed by atoms with van der Waals surface area (Å²) in [7, 11) is -2.55. The second-order valence-electron chi connectivity index (χ2n) is 5.49. The highest BCUT2D eigenvalue weighted by Gasteiger charge is 2.32. The van der Waals surface area contributed by atoms with Crippen molar-refractivity contribution in [3.63, 3.8) is 0 Å². The molecular weight excluding hydrogens is 356 g/mol. The van der Waals surface area contributed by atoms with Crippen molar-refractivity contribution in [1.29, 1.82) is 0 Å². The van der Waals surface area contributed by atoms with Crippen LogP contribution in [0, 0.1) is 0 Å². The van der Waals surface area contributed by atoms with Crippen LogP contribution in [-0.2, 0) is 30.0 Å². The summed E-state index contributed by atoms with van der Waals surface area (Å²) >= 11 is 0. The van der Waals surface area contributed by atoms with Crippen LogP contribution in [0.5, 0.6) is 5.75 Å². The van der Waals surface area contributed by atoms with Gasteiger partial charge in [-0.3, -0.25) is 4.79 Å². The van der Waals surface area contributed by atoms with Crippen LogP contribution in [0.25, 0.3) is 0 Å². The van der Waals surface area contributed by atoms with E-state index >= 15 is 0 Å². The van der Waals surface area contributed by atoms with Crippen LogP contribution in [0.4, 0.5) is 8.78 Å². The Balaban J connectivity index is 1.97. The Morgan fingerprint density at radius 2 is 2.00 bits per heavy atom. The molecule has 1 aromatic carbocycles. The molecule has 2 heterocycles. The van der Waals surface area contributed by atoms with Crippen LogP contribution in [-0.4, -0.2) is 35.7 Å². The maximum absolute atomic E-state index is 12.8. The lowest BCUT2D eigenvalue weighted by Gasteiger charge is -2.28. The van der Waals surface area contributed by atoms with Gasteiger partial charge >= 0.3 is 6.61 Å². The van der Waals surface area contributed by atoms with Crippen molar-refractivity contribution in [2.75, 3.05) is 6.54 Å². The molecule has 10 heteroatoms. The molecule has 0 saturated heterocycles. The molecular formula is C15H15F2N3O4S. The van der Waals surface area contributed by atoms with E-state index in [1.807, 2.05) is 0 Å². The molecule has 0 bridgehead atoms. The standard InChI is InChI=1S/C15H15F2N3O4S/c1-19-14(21)11-6-7-20(9-10(11)8-18-19)25(22,23)13-5-3-2-4-12(13)24-15(16)17/h2-5,8,15H,6-7,9H2,1H3. The highest BCUT2D eigenvalue weighted by Crippen LogP contribution is 2.30. The Hall–Kier alpha value is -2.33. The van der Waals surface area contributed by atoms with Gasteiger partial charge in [-0.15, -0.1) is 0 Å². The molecule has 0 aliphatic carbocycles. The molecule has 1 aliphatic heterocycles.